The van der Waals surface area contributed by atoms with Crippen LogP contribution in [-0.4, -0.2) is 52.4 Å². The molecule has 0 bridgehead atoms. The van der Waals surface area contributed by atoms with Gasteiger partial charge in [-0.15, -0.1) is 0 Å². The molecule has 1 aliphatic rings. The summed E-state index contributed by atoms with van der Waals surface area (Å²) < 4.78 is 17.2. The van der Waals surface area contributed by atoms with Crippen molar-refractivity contribution in [2.45, 2.75) is 104 Å². The molecule has 2 amide bonds. The molecule has 316 valence electrons. The van der Waals surface area contributed by atoms with E-state index >= 15 is 0 Å². The molecule has 1 saturated carbocycles. The number of amides is 2. The van der Waals surface area contributed by atoms with E-state index in [4.69, 9.17) is 21.6 Å². The lowest BCUT2D eigenvalue weighted by Crippen LogP contribution is -2.45. The molecule has 11 nitrogen and oxygen atoms in total. The molecule has 61 heavy (non-hydrogen) atoms. The molecule has 1 fully saturated rings. The van der Waals surface area contributed by atoms with Crippen LogP contribution in [0.15, 0.2) is 97.3 Å². The van der Waals surface area contributed by atoms with Gasteiger partial charge in [0.2, 0.25) is 0 Å². The number of hydrogen-bond acceptors (Lipinski definition) is 7. The minimum Gasteiger partial charge on any atom is -0.347 e. The Kier molecular flexibility index (Phi) is 12.4. The quantitative estimate of drug-likeness (QED) is 0.147. The van der Waals surface area contributed by atoms with Gasteiger partial charge in [0, 0.05) is 45.2 Å². The molecule has 0 radical (unpaired) electrons. The Morgan fingerprint density at radius 1 is 0.656 bits per heavy atom. The van der Waals surface area contributed by atoms with E-state index in [1.54, 1.807) is 50.5 Å². The molecule has 4 heterocycles. The number of nitrogens with one attached hydrogen (secondary N) is 2. The van der Waals surface area contributed by atoms with Crippen LogP contribution >= 0.6 is 11.6 Å². The second-order valence-corrected chi connectivity index (χ2v) is 18.9. The molecule has 1 aliphatic carbocycles. The molecule has 2 aromatic carbocycles. The van der Waals surface area contributed by atoms with Crippen molar-refractivity contribution < 1.29 is 14.0 Å². The minimum absolute atomic E-state index is 0.0856. The van der Waals surface area contributed by atoms with Gasteiger partial charge in [-0.3, -0.25) is 19.0 Å². The van der Waals surface area contributed by atoms with Crippen LogP contribution < -0.4 is 10.6 Å². The highest BCUT2D eigenvalue weighted by molar-refractivity contribution is 6.30. The van der Waals surface area contributed by atoms with Crippen molar-refractivity contribution in [3.63, 3.8) is 0 Å². The van der Waals surface area contributed by atoms with E-state index in [9.17, 15) is 19.2 Å². The number of carbonyl (C=O) groups excluding carboxylic acids is 2. The molecule has 0 spiro atoms. The summed E-state index contributed by atoms with van der Waals surface area (Å²) in [5, 5.41) is 24.8. The van der Waals surface area contributed by atoms with Crippen LogP contribution in [0.1, 0.15) is 103 Å². The van der Waals surface area contributed by atoms with Gasteiger partial charge in [-0.1, -0.05) is 23.7 Å². The first-order valence-corrected chi connectivity index (χ1v) is 20.6. The number of aromatic nitrogens is 6. The Balaban J connectivity index is 0.000000204. The monoisotopic (exact) mass is 841 g/mol. The Morgan fingerprint density at radius 3 is 1.48 bits per heavy atom. The molecule has 6 aromatic rings. The van der Waals surface area contributed by atoms with Gasteiger partial charge in [0.05, 0.1) is 51.3 Å². The normalized spacial score (nSPS) is 13.2. The number of rotatable bonds is 9. The average molecular weight is 842 g/mol. The molecule has 7 rings (SSSR count). The highest BCUT2D eigenvalue weighted by Gasteiger charge is 2.39. The summed E-state index contributed by atoms with van der Waals surface area (Å²) in [5.41, 5.74) is 4.91. The van der Waals surface area contributed by atoms with Crippen LogP contribution in [-0.2, 0) is 11.1 Å². The first-order valence-electron chi connectivity index (χ1n) is 20.3. The Hall–Kier alpha value is -6.19. The number of nitrogens with zero attached hydrogens (tertiary/aromatic N) is 7. The molecular formula is C48H53ClFN9O2. The van der Waals surface area contributed by atoms with Crippen molar-refractivity contribution in [2.75, 3.05) is 0 Å². The van der Waals surface area contributed by atoms with E-state index in [2.05, 4.69) is 61.5 Å². The number of benzene rings is 2. The molecule has 13 heteroatoms. The van der Waals surface area contributed by atoms with Gasteiger partial charge in [-0.2, -0.15) is 15.5 Å². The second-order valence-electron chi connectivity index (χ2n) is 18.5. The van der Waals surface area contributed by atoms with Crippen LogP contribution in [0.5, 0.6) is 0 Å². The third-order valence-electron chi connectivity index (χ3n) is 10.3. The number of halogens is 2. The number of pyridine rings is 2. The van der Waals surface area contributed by atoms with Gasteiger partial charge in [-0.05, 0) is 161 Å². The van der Waals surface area contributed by atoms with Crippen molar-refractivity contribution in [1.82, 2.24) is 40.2 Å². The van der Waals surface area contributed by atoms with Gasteiger partial charge >= 0.3 is 0 Å². The lowest BCUT2D eigenvalue weighted by molar-refractivity contribution is 0.0900. The van der Waals surface area contributed by atoms with Crippen molar-refractivity contribution in [3.8, 4) is 51.4 Å². The smallest absolute Gasteiger partial charge is 0.252 e. The third-order valence-corrected chi connectivity index (χ3v) is 10.5. The van der Waals surface area contributed by atoms with Crippen molar-refractivity contribution in [1.29, 1.82) is 5.26 Å². The summed E-state index contributed by atoms with van der Waals surface area (Å²) in [6.45, 7) is 19.8. The highest BCUT2D eigenvalue weighted by Crippen LogP contribution is 2.39. The van der Waals surface area contributed by atoms with Crippen LogP contribution in [0.25, 0.3) is 45.3 Å². The SMILES string of the molecule is CC(C)(C#N)NC(=O)c1cc(-c2ccc(F)cc2)nc(-c2ccnn2C(C)(C)C)c1.CC(C)(NC(=O)c1cc(-c2ccc(Cl)cc2)nc(-c2ccnn2C(C)(C)C)c1)C1CC1. The zero-order valence-electron chi connectivity index (χ0n) is 36.4. The summed E-state index contributed by atoms with van der Waals surface area (Å²) in [4.78, 5) is 35.8. The lowest BCUT2D eigenvalue weighted by Gasteiger charge is -2.26. The minimum atomic E-state index is -1.02. The van der Waals surface area contributed by atoms with Crippen molar-refractivity contribution in [3.05, 3.63) is 119 Å². The second kappa shape index (κ2) is 17.1. The summed E-state index contributed by atoms with van der Waals surface area (Å²) in [6.07, 6.45) is 5.78. The predicted molar refractivity (Wildman–Crippen MR) is 238 cm³/mol. The van der Waals surface area contributed by atoms with Crippen LogP contribution in [0.2, 0.25) is 5.02 Å². The Labute approximate surface area is 362 Å². The van der Waals surface area contributed by atoms with Crippen LogP contribution in [0.3, 0.4) is 0 Å². The summed E-state index contributed by atoms with van der Waals surface area (Å²) in [6, 6.07) is 26.3. The topological polar surface area (TPSA) is 143 Å². The molecule has 0 unspecified atom stereocenters. The molecule has 0 atom stereocenters. The number of carbonyl (C=O) groups is 2. The zero-order chi connectivity index (χ0) is 44.5. The first-order chi connectivity index (χ1) is 28.5. The molecule has 0 saturated heterocycles. The van der Waals surface area contributed by atoms with E-state index < -0.39 is 11.4 Å². The third kappa shape index (κ3) is 10.8. The first kappa shape index (κ1) is 44.4. The summed E-state index contributed by atoms with van der Waals surface area (Å²) in [5.74, 6) is -0.293. The van der Waals surface area contributed by atoms with E-state index in [-0.39, 0.29) is 28.3 Å². The van der Waals surface area contributed by atoms with Crippen molar-refractivity contribution in [2.24, 2.45) is 5.92 Å². The molecule has 4 aromatic heterocycles. The maximum absolute atomic E-state index is 13.4. The maximum Gasteiger partial charge on any atom is 0.252 e. The fourth-order valence-corrected chi connectivity index (χ4v) is 6.97. The number of hydrogen-bond donors (Lipinski definition) is 2. The lowest BCUT2D eigenvalue weighted by atomic mass is 9.97. The van der Waals surface area contributed by atoms with Gasteiger partial charge in [-0.25, -0.2) is 14.4 Å². The fourth-order valence-electron chi connectivity index (χ4n) is 6.84. The number of nitriles is 1. The fraction of sp³-hybridized carbons (Fsp3) is 0.354. The Bertz CT molecular complexity index is 2590. The van der Waals surface area contributed by atoms with Gasteiger partial charge in [0.25, 0.3) is 11.8 Å². The Morgan fingerprint density at radius 2 is 1.07 bits per heavy atom. The van der Waals surface area contributed by atoms with E-state index in [0.29, 0.717) is 44.7 Å². The summed E-state index contributed by atoms with van der Waals surface area (Å²) in [7, 11) is 0. The van der Waals surface area contributed by atoms with Gasteiger partial charge in [0.1, 0.15) is 11.4 Å². The molecular weight excluding hydrogens is 789 g/mol. The van der Waals surface area contributed by atoms with E-state index in [0.717, 1.165) is 35.5 Å². The van der Waals surface area contributed by atoms with Crippen molar-refractivity contribution >= 4 is 23.4 Å². The predicted octanol–water partition coefficient (Wildman–Crippen LogP) is 10.5. The molecule has 0 aliphatic heterocycles. The summed E-state index contributed by atoms with van der Waals surface area (Å²) >= 11 is 6.08. The van der Waals surface area contributed by atoms with Crippen LogP contribution in [0, 0.1) is 23.1 Å². The highest BCUT2D eigenvalue weighted by atomic mass is 35.5. The zero-order valence-corrected chi connectivity index (χ0v) is 37.2. The van der Waals surface area contributed by atoms with Gasteiger partial charge < -0.3 is 10.6 Å². The molecule has 2 N–H and O–H groups in total. The largest absolute Gasteiger partial charge is 0.347 e. The van der Waals surface area contributed by atoms with Gasteiger partial charge in [0.15, 0.2) is 0 Å². The van der Waals surface area contributed by atoms with E-state index in [1.807, 2.05) is 78.7 Å². The van der Waals surface area contributed by atoms with E-state index in [1.165, 1.54) is 12.1 Å². The van der Waals surface area contributed by atoms with Crippen LogP contribution in [0.4, 0.5) is 4.39 Å². The maximum atomic E-state index is 13.4. The average Bonchev–Trinajstić information content (AvgIpc) is 3.72. The standard InChI is InChI=1S/C25H29ClN4O.C23H24FN5O/c1-24(2,3)30-22(12-13-27-30)21-15-17(23(31)29-25(4,5)18-8-9-18)14-20(28-21)16-6-10-19(26)11-7-16;1-22(2,3)29-20(10-11-26-29)19-13-16(21(30)28-23(4,5)14-25)12-18(27-19)15-6-8-17(24)9-7-15/h6-7,10-15,18H,8-9H2,1-5H3,(H,29,31);6-13H,1-5H3,(H,28,30).